The number of anilines is 1. The van der Waals surface area contributed by atoms with Crippen LogP contribution in [0.15, 0.2) is 84.0 Å². The first-order chi connectivity index (χ1) is 16.1. The van der Waals surface area contributed by atoms with Gasteiger partial charge in [-0.1, -0.05) is 42.5 Å². The highest BCUT2D eigenvalue weighted by Gasteiger charge is 2.35. The van der Waals surface area contributed by atoms with E-state index in [-0.39, 0.29) is 23.0 Å². The molecule has 2 heterocycles. The van der Waals surface area contributed by atoms with Crippen molar-refractivity contribution >= 4 is 15.8 Å². The number of halogens is 3. The first kappa shape index (κ1) is 23.4. The smallest absolute Gasteiger partial charge is 0.350 e. The van der Waals surface area contributed by atoms with Crippen molar-refractivity contribution in [3.8, 4) is 22.5 Å². The van der Waals surface area contributed by atoms with Gasteiger partial charge in [-0.2, -0.15) is 13.2 Å². The Balaban J connectivity index is 1.60. The van der Waals surface area contributed by atoms with E-state index in [0.717, 1.165) is 23.1 Å². The van der Waals surface area contributed by atoms with Crippen LogP contribution in [0.2, 0.25) is 0 Å². The van der Waals surface area contributed by atoms with Crippen molar-refractivity contribution in [1.82, 2.24) is 15.0 Å². The molecule has 10 heteroatoms. The van der Waals surface area contributed by atoms with Gasteiger partial charge in [-0.15, -0.1) is 0 Å². The van der Waals surface area contributed by atoms with E-state index < -0.39 is 27.3 Å². The fraction of sp³-hybridized carbons (Fsp3) is 0.125. The summed E-state index contributed by atoms with van der Waals surface area (Å²) >= 11 is 0. The van der Waals surface area contributed by atoms with Crippen molar-refractivity contribution in [1.29, 1.82) is 0 Å². The lowest BCUT2D eigenvalue weighted by Crippen LogP contribution is -2.12. The van der Waals surface area contributed by atoms with Crippen LogP contribution in [0.1, 0.15) is 11.1 Å². The molecule has 2 aromatic heterocycles. The van der Waals surface area contributed by atoms with E-state index in [2.05, 4.69) is 20.3 Å². The minimum absolute atomic E-state index is 0.0124. The lowest BCUT2D eigenvalue weighted by atomic mass is 10.1. The number of nitrogens with one attached hydrogen (secondary N) is 1. The average Bonchev–Trinajstić information content (AvgIpc) is 2.82. The molecule has 0 saturated carbocycles. The summed E-state index contributed by atoms with van der Waals surface area (Å²) < 4.78 is 64.6. The highest BCUT2D eigenvalue weighted by Crippen LogP contribution is 2.36. The van der Waals surface area contributed by atoms with Crippen LogP contribution in [-0.2, 0) is 22.6 Å². The van der Waals surface area contributed by atoms with Crippen molar-refractivity contribution in [2.45, 2.75) is 17.6 Å². The molecule has 0 amide bonds. The third kappa shape index (κ3) is 5.40. The van der Waals surface area contributed by atoms with E-state index in [1.54, 1.807) is 6.20 Å². The predicted octanol–water partition coefficient (Wildman–Crippen LogP) is 5.24. The first-order valence-corrected chi connectivity index (χ1v) is 12.0. The second kappa shape index (κ2) is 9.22. The van der Waals surface area contributed by atoms with E-state index in [1.807, 2.05) is 42.5 Å². The van der Waals surface area contributed by atoms with Crippen LogP contribution in [0.5, 0.6) is 0 Å². The quantitative estimate of drug-likeness (QED) is 0.403. The molecule has 174 valence electrons. The molecule has 0 radical (unpaired) electrons. The van der Waals surface area contributed by atoms with Crippen LogP contribution in [0, 0.1) is 0 Å². The minimum atomic E-state index is -4.71. The maximum atomic E-state index is 13.6. The van der Waals surface area contributed by atoms with E-state index >= 15 is 0 Å². The number of hydrogen-bond donors (Lipinski definition) is 1. The van der Waals surface area contributed by atoms with Gasteiger partial charge in [0, 0.05) is 36.3 Å². The topological polar surface area (TPSA) is 84.8 Å². The first-order valence-electron chi connectivity index (χ1n) is 10.1. The predicted molar refractivity (Wildman–Crippen MR) is 123 cm³/mol. The monoisotopic (exact) mass is 484 g/mol. The zero-order valence-corrected chi connectivity index (χ0v) is 18.7. The van der Waals surface area contributed by atoms with Gasteiger partial charge in [0.1, 0.15) is 5.56 Å². The molecule has 34 heavy (non-hydrogen) atoms. The Morgan fingerprint density at radius 3 is 2.32 bits per heavy atom. The summed E-state index contributed by atoms with van der Waals surface area (Å²) in [6.45, 7) is 0.274. The highest BCUT2D eigenvalue weighted by molar-refractivity contribution is 7.90. The summed E-state index contributed by atoms with van der Waals surface area (Å²) in [6.07, 6.45) is -1.32. The van der Waals surface area contributed by atoms with Crippen LogP contribution < -0.4 is 5.32 Å². The van der Waals surface area contributed by atoms with Crippen molar-refractivity contribution in [3.63, 3.8) is 0 Å². The van der Waals surface area contributed by atoms with E-state index in [0.29, 0.717) is 6.20 Å². The molecule has 1 N–H and O–H groups in total. The summed E-state index contributed by atoms with van der Waals surface area (Å²) in [6, 6.07) is 18.4. The van der Waals surface area contributed by atoms with Crippen molar-refractivity contribution in [2.24, 2.45) is 0 Å². The Morgan fingerprint density at radius 2 is 1.68 bits per heavy atom. The van der Waals surface area contributed by atoms with Gasteiger partial charge in [-0.3, -0.25) is 4.98 Å². The highest BCUT2D eigenvalue weighted by atomic mass is 32.2. The summed E-state index contributed by atoms with van der Waals surface area (Å²) in [4.78, 5) is 12.1. The number of benzene rings is 2. The molecule has 0 bridgehead atoms. The lowest BCUT2D eigenvalue weighted by molar-refractivity contribution is -0.137. The molecule has 0 aliphatic carbocycles. The molecule has 0 fully saturated rings. The number of nitrogens with zero attached hydrogens (tertiary/aromatic N) is 3. The summed E-state index contributed by atoms with van der Waals surface area (Å²) in [7, 11) is -3.61. The van der Waals surface area contributed by atoms with Gasteiger partial charge in [0.15, 0.2) is 9.84 Å². The molecular formula is C24H19F3N4O2S. The Labute approximate surface area is 194 Å². The third-order valence-electron chi connectivity index (χ3n) is 5.00. The maximum absolute atomic E-state index is 13.6. The summed E-state index contributed by atoms with van der Waals surface area (Å²) in [5, 5.41) is 2.93. The normalized spacial score (nSPS) is 11.9. The van der Waals surface area contributed by atoms with E-state index in [4.69, 9.17) is 0 Å². The van der Waals surface area contributed by atoms with Crippen molar-refractivity contribution < 1.29 is 21.6 Å². The molecule has 0 atom stereocenters. The number of alkyl halides is 3. The molecule has 0 saturated heterocycles. The van der Waals surface area contributed by atoms with Gasteiger partial charge in [-0.25, -0.2) is 18.4 Å². The molecule has 0 spiro atoms. The Hall–Kier alpha value is -3.79. The largest absolute Gasteiger partial charge is 0.419 e. The molecule has 6 nitrogen and oxygen atoms in total. The molecule has 0 unspecified atom stereocenters. The van der Waals surface area contributed by atoms with Gasteiger partial charge in [0.2, 0.25) is 5.95 Å². The minimum Gasteiger partial charge on any atom is -0.350 e. The van der Waals surface area contributed by atoms with E-state index in [1.165, 1.54) is 24.3 Å². The van der Waals surface area contributed by atoms with Gasteiger partial charge in [-0.05, 0) is 29.8 Å². The molecule has 2 aromatic carbocycles. The van der Waals surface area contributed by atoms with Crippen molar-refractivity contribution in [2.75, 3.05) is 11.6 Å². The zero-order chi connectivity index (χ0) is 24.3. The fourth-order valence-electron chi connectivity index (χ4n) is 3.28. The van der Waals surface area contributed by atoms with Gasteiger partial charge < -0.3 is 5.32 Å². The van der Waals surface area contributed by atoms with Gasteiger partial charge >= 0.3 is 6.18 Å². The number of hydrogen-bond acceptors (Lipinski definition) is 6. The van der Waals surface area contributed by atoms with Crippen LogP contribution in [-0.4, -0.2) is 29.6 Å². The molecule has 0 aliphatic heterocycles. The SMILES string of the molecule is CS(=O)(=O)c1cccc(-c2nc(NCc3ccc(-c4ccccn4)cc3)ncc2C(F)(F)F)c1. The second-order valence-electron chi connectivity index (χ2n) is 7.52. The maximum Gasteiger partial charge on any atom is 0.419 e. The van der Waals surface area contributed by atoms with Crippen LogP contribution in [0.25, 0.3) is 22.5 Å². The number of aromatic nitrogens is 3. The fourth-order valence-corrected chi connectivity index (χ4v) is 3.94. The number of rotatable bonds is 6. The number of sulfone groups is 1. The third-order valence-corrected chi connectivity index (χ3v) is 6.11. The molecule has 0 aliphatic rings. The van der Waals surface area contributed by atoms with E-state index in [9.17, 15) is 21.6 Å². The molecule has 4 aromatic rings. The van der Waals surface area contributed by atoms with Gasteiger partial charge in [0.05, 0.1) is 16.3 Å². The Kier molecular flexibility index (Phi) is 6.34. The lowest BCUT2D eigenvalue weighted by Gasteiger charge is -2.14. The van der Waals surface area contributed by atoms with Crippen LogP contribution in [0.3, 0.4) is 0 Å². The van der Waals surface area contributed by atoms with Crippen molar-refractivity contribution in [3.05, 3.63) is 90.3 Å². The summed E-state index contributed by atoms with van der Waals surface area (Å²) in [5.74, 6) is -0.0124. The molecular weight excluding hydrogens is 465 g/mol. The van der Waals surface area contributed by atoms with Gasteiger partial charge in [0.25, 0.3) is 0 Å². The van der Waals surface area contributed by atoms with Crippen LogP contribution >= 0.6 is 0 Å². The standard InChI is InChI=1S/C24H19F3N4O2S/c1-34(32,33)19-6-4-5-18(13-19)22-20(24(25,26)27)15-30-23(31-22)29-14-16-8-10-17(11-9-16)21-7-2-3-12-28-21/h2-13,15H,14H2,1H3,(H,29,30,31). The number of pyridine rings is 1. The molecule has 4 rings (SSSR count). The zero-order valence-electron chi connectivity index (χ0n) is 17.9. The average molecular weight is 485 g/mol. The Bertz CT molecular complexity index is 1410. The van der Waals surface area contributed by atoms with Crippen LogP contribution in [0.4, 0.5) is 19.1 Å². The Morgan fingerprint density at radius 1 is 0.912 bits per heavy atom. The second-order valence-corrected chi connectivity index (χ2v) is 9.53. The summed E-state index contributed by atoms with van der Waals surface area (Å²) in [5.41, 5.74) is 1.20.